The van der Waals surface area contributed by atoms with E-state index < -0.39 is 60.2 Å². The molecule has 20 rings (SSSR count). The number of aromatic nitrogens is 12. The fraction of sp³-hybridized carbons (Fsp3) is 0.280. The molecule has 0 aliphatic carbocycles. The number of imidazole rings is 4. The van der Waals surface area contributed by atoms with Crippen molar-refractivity contribution in [3.8, 4) is 67.8 Å². The van der Waals surface area contributed by atoms with Crippen LogP contribution in [0.1, 0.15) is 196 Å². The van der Waals surface area contributed by atoms with Crippen LogP contribution in [-0.4, -0.2) is 38.2 Å². The SMILES string of the molecule is [2H]C([2H])([2H])c1cc2c(c(-c3ccc4ccccc4[n+]3C)c1C)Cc1nccn1-2.[2H]C([2H])([2H])c1cn2c(n1)Cc1c-2cc(C([2H])([2H])[2H])c(C)c1-c1cc(C)c2c(C)cccc2[n+]1C.[2H]C([2H])([2H])c1cn2c(n1)Cc1c-2cc(C([2H])([2H])[2H])c(C)c1-c1ccc2c(C([2H])(C)C)cccc2[n+]1C.[2H]C([2H])([2H])c1cn2c(n1)Cc1c-2cc(C([2H])([2H])[2H])c(C)c1-c1ccc2c(C([2H])([2H])C(C)C)cccc2[n+]1C. The number of fused-ring (bicyclic) bond motifs is 16. The minimum absolute atomic E-state index is 0.00232. The standard InChI is InChI=1S/C27H30N3.C26H28N3.C25H26N3.C22H20N3/c1-16(2)12-20-8-7-9-23-21(20)10-11-24(29(23)6)27-19(5)17(3)13-25-22(27)14-26-28-18(4)15-30(25)26;1-15(2)19-8-7-9-22-20(19)10-11-23(28(22)6)26-18(5)16(3)12-24-21(26)13-25-27-17(4)14-29(24)25;1-14-8-7-9-20-24(14)16(3)11-22(27(20)6)25-18(5)15(2)10-21-19(25)12-23-26-17(4)13-28(21)23;1-14-12-20-17(13-21-23-10-11-25(20)21)22(15(14)2)19-9-8-16-6-4-5-7-18(16)24(19)3/h7-11,13,15-16H,12,14H2,1-6H3;7-12,14-15H,13H2,1-6H3;7-11,13H,12H2,1-6H3;4-12H,13H2,1-3H3/q4*+1/i3D3,4D3,12D2;3D3,4D3,15D;2D3,4D3;1D3. The first kappa shape index (κ1) is 50.2. The smallest absolute Gasteiger partial charge is 0.213 e. The van der Waals surface area contributed by atoms with Gasteiger partial charge < -0.3 is 18.3 Å². The summed E-state index contributed by atoms with van der Waals surface area (Å²) in [5.41, 5.74) is 25.6. The molecule has 560 valence electrons. The van der Waals surface area contributed by atoms with Gasteiger partial charge in [-0.25, -0.2) is 19.9 Å². The molecule has 0 N–H and O–H groups in total. The molecular formula is C100H104N12+4. The fourth-order valence-electron chi connectivity index (χ4n) is 17.8. The summed E-state index contributed by atoms with van der Waals surface area (Å²) in [6, 6.07) is 46.9. The number of nitrogens with zero attached hydrogens (tertiary/aromatic N) is 12. The van der Waals surface area contributed by atoms with Gasteiger partial charge in [0.1, 0.15) is 51.5 Å². The minimum atomic E-state index is -2.38. The lowest BCUT2D eigenvalue weighted by Crippen LogP contribution is -2.33. The molecule has 0 fully saturated rings. The predicted molar refractivity (Wildman–Crippen MR) is 456 cm³/mol. The third-order valence-electron chi connectivity index (χ3n) is 23.4. The minimum Gasteiger partial charge on any atom is -0.303 e. The van der Waals surface area contributed by atoms with E-state index in [1.807, 2.05) is 188 Å². The maximum atomic E-state index is 8.69. The zero-order chi connectivity index (χ0) is 98.7. The van der Waals surface area contributed by atoms with E-state index in [1.54, 1.807) is 38.1 Å². The van der Waals surface area contributed by atoms with Gasteiger partial charge in [-0.15, -0.1) is 0 Å². The zero-order valence-electron chi connectivity index (χ0n) is 89.5. The molecule has 4 aliphatic rings. The topological polar surface area (TPSA) is 86.8 Å². The normalized spacial score (nSPS) is 16.7. The highest BCUT2D eigenvalue weighted by molar-refractivity contribution is 5.88. The van der Waals surface area contributed by atoms with E-state index in [0.717, 1.165) is 134 Å². The molecule has 12 nitrogen and oxygen atoms in total. The van der Waals surface area contributed by atoms with E-state index >= 15 is 0 Å². The lowest BCUT2D eigenvalue weighted by molar-refractivity contribution is -0.633. The largest absolute Gasteiger partial charge is 0.303 e. The molecule has 0 atom stereocenters. The summed E-state index contributed by atoms with van der Waals surface area (Å²) in [5.74, 6) is 1.71. The molecule has 0 bridgehead atoms. The third-order valence-corrected chi connectivity index (χ3v) is 23.4. The van der Waals surface area contributed by atoms with Crippen molar-refractivity contribution < 1.29 is 51.2 Å². The van der Waals surface area contributed by atoms with Gasteiger partial charge >= 0.3 is 0 Å². The van der Waals surface area contributed by atoms with Crippen LogP contribution in [-0.2, 0) is 60.2 Å². The first-order chi connectivity index (χ1) is 63.3. The Kier molecular flexibility index (Phi) is 12.5. The Morgan fingerprint density at radius 1 is 0.402 bits per heavy atom. The molecule has 0 saturated heterocycles. The lowest BCUT2D eigenvalue weighted by atomic mass is 9.91. The van der Waals surface area contributed by atoms with Crippen LogP contribution in [0, 0.1) is 95.4 Å². The first-order valence-electron chi connectivity index (χ1n) is 49.9. The van der Waals surface area contributed by atoms with Crippen molar-refractivity contribution in [1.82, 2.24) is 38.2 Å². The lowest BCUT2D eigenvalue weighted by Gasteiger charge is -2.16. The van der Waals surface area contributed by atoms with Crippen LogP contribution in [0.2, 0.25) is 0 Å². The number of benzene rings is 8. The molecule has 0 spiro atoms. The quantitative estimate of drug-likeness (QED) is 0.149. The second-order valence-corrected chi connectivity index (χ2v) is 30.8. The molecule has 16 aromatic rings. The zero-order valence-corrected chi connectivity index (χ0v) is 65.5. The molecular weight excluding hydrogens is 1370 g/mol. The van der Waals surface area contributed by atoms with Crippen LogP contribution in [0.15, 0.2) is 177 Å². The van der Waals surface area contributed by atoms with E-state index in [-0.39, 0.29) is 39.7 Å². The summed E-state index contributed by atoms with van der Waals surface area (Å²) in [6.07, 6.45) is 8.56. The van der Waals surface area contributed by atoms with Crippen LogP contribution in [0.5, 0.6) is 0 Å². The van der Waals surface area contributed by atoms with Crippen molar-refractivity contribution in [3.05, 3.63) is 306 Å². The van der Waals surface area contributed by atoms with Gasteiger partial charge in [0, 0.05) is 154 Å². The molecule has 4 aliphatic heterocycles. The van der Waals surface area contributed by atoms with Crippen LogP contribution < -0.4 is 18.3 Å². The predicted octanol–water partition coefficient (Wildman–Crippen LogP) is 20.0. The average Bonchev–Trinajstić information content (AvgIpc) is 1.59. The maximum Gasteiger partial charge on any atom is 0.213 e. The van der Waals surface area contributed by atoms with Gasteiger partial charge in [-0.3, -0.25) is 0 Å². The Bertz CT molecular complexity index is 7660. The van der Waals surface area contributed by atoms with Gasteiger partial charge in [-0.1, -0.05) is 76.2 Å². The third kappa shape index (κ3) is 12.0. The van der Waals surface area contributed by atoms with Gasteiger partial charge in [0.15, 0.2) is 0 Å². The molecule has 112 heavy (non-hydrogen) atoms. The molecule has 8 aromatic carbocycles. The molecule has 12 heteroatoms. The highest BCUT2D eigenvalue weighted by Crippen LogP contribution is 2.45. The van der Waals surface area contributed by atoms with Crippen molar-refractivity contribution in [2.45, 2.75) is 155 Å². The summed E-state index contributed by atoms with van der Waals surface area (Å²) in [6.45, 7) is 2.82. The van der Waals surface area contributed by atoms with Crippen molar-refractivity contribution >= 4 is 43.6 Å². The number of rotatable bonds is 7. The molecule has 0 amide bonds. The van der Waals surface area contributed by atoms with E-state index in [4.69, 9.17) is 32.9 Å². The molecule has 0 unspecified atom stereocenters. The van der Waals surface area contributed by atoms with Gasteiger partial charge in [-0.2, -0.15) is 18.3 Å². The van der Waals surface area contributed by atoms with Gasteiger partial charge in [0.05, 0.1) is 67.5 Å². The summed E-state index contributed by atoms with van der Waals surface area (Å²) in [5, 5.41) is 4.11. The second-order valence-electron chi connectivity index (χ2n) is 30.8. The van der Waals surface area contributed by atoms with E-state index in [2.05, 4.69) is 85.4 Å². The number of para-hydroxylation sites is 1. The average molecular weight is 1500 g/mol. The molecule has 8 aromatic heterocycles. The maximum absolute atomic E-state index is 8.69. The highest BCUT2D eigenvalue weighted by Gasteiger charge is 2.35. The summed E-state index contributed by atoms with van der Waals surface area (Å²) >= 11 is 0. The number of pyridine rings is 4. The number of hydrogen-bond acceptors (Lipinski definition) is 4. The Labute approximate surface area is 693 Å². The summed E-state index contributed by atoms with van der Waals surface area (Å²) < 4.78 is 209. The van der Waals surface area contributed by atoms with E-state index in [1.165, 1.54) is 29.5 Å². The Balaban J connectivity index is 0.000000126. The molecule has 0 saturated carbocycles. The van der Waals surface area contributed by atoms with Crippen LogP contribution in [0.4, 0.5) is 0 Å². The van der Waals surface area contributed by atoms with Crippen molar-refractivity contribution in [2.24, 2.45) is 34.1 Å². The summed E-state index contributed by atoms with van der Waals surface area (Å²) in [7, 11) is 7.90. The fourth-order valence-corrected chi connectivity index (χ4v) is 17.8. The van der Waals surface area contributed by atoms with Crippen LogP contribution in [0.25, 0.3) is 111 Å². The second kappa shape index (κ2) is 27.9. The molecule has 12 heterocycles. The van der Waals surface area contributed by atoms with Crippen molar-refractivity contribution in [1.29, 1.82) is 0 Å². The summed E-state index contributed by atoms with van der Waals surface area (Å²) in [4.78, 5) is 17.6. The number of hydrogen-bond donors (Lipinski definition) is 0. The Morgan fingerprint density at radius 3 is 1.32 bits per heavy atom. The van der Waals surface area contributed by atoms with Gasteiger partial charge in [0.2, 0.25) is 44.8 Å². The van der Waals surface area contributed by atoms with Gasteiger partial charge in [-0.05, 0) is 245 Å². The monoisotopic (exact) mass is 1500 g/mol. The van der Waals surface area contributed by atoms with E-state index in [9.17, 15) is 0 Å². The Hall–Kier alpha value is -11.8. The van der Waals surface area contributed by atoms with Crippen LogP contribution in [0.3, 0.4) is 0 Å². The number of aryl methyl sites for hydroxylation is 13. The van der Waals surface area contributed by atoms with Crippen molar-refractivity contribution in [3.63, 3.8) is 0 Å². The molecule has 0 radical (unpaired) electrons. The van der Waals surface area contributed by atoms with Crippen LogP contribution >= 0.6 is 0 Å². The van der Waals surface area contributed by atoms with E-state index in [0.29, 0.717) is 88.0 Å². The van der Waals surface area contributed by atoms with Crippen molar-refractivity contribution in [2.75, 3.05) is 0 Å². The first-order valence-corrected chi connectivity index (χ1v) is 37.9. The highest BCUT2D eigenvalue weighted by atomic mass is 15.1. The van der Waals surface area contributed by atoms with Gasteiger partial charge in [0.25, 0.3) is 0 Å². The Morgan fingerprint density at radius 2 is 0.821 bits per heavy atom.